The molecule has 4 atom stereocenters. The number of halogens is 1. The van der Waals surface area contributed by atoms with E-state index in [0.29, 0.717) is 27.7 Å². The molecule has 2 saturated carbocycles. The van der Waals surface area contributed by atoms with Gasteiger partial charge in [0.2, 0.25) is 0 Å². The number of thiophene rings is 1. The van der Waals surface area contributed by atoms with Gasteiger partial charge in [-0.05, 0) is 37.1 Å². The summed E-state index contributed by atoms with van der Waals surface area (Å²) in [6, 6.07) is 8.35. The summed E-state index contributed by atoms with van der Waals surface area (Å²) < 4.78 is 0.556. The molecule has 146 valence electrons. The van der Waals surface area contributed by atoms with Crippen molar-refractivity contribution in [1.82, 2.24) is 4.98 Å². The quantitative estimate of drug-likeness (QED) is 0.686. The average Bonchev–Trinajstić information content (AvgIpc) is 3.58. The molecule has 2 fully saturated rings. The Morgan fingerprint density at radius 3 is 1.93 bits per heavy atom. The molecule has 2 aromatic heterocycles. The zero-order chi connectivity index (χ0) is 20.4. The topological polar surface area (TPSA) is 122 Å². The summed E-state index contributed by atoms with van der Waals surface area (Å²) >= 11 is 6.88. The summed E-state index contributed by atoms with van der Waals surface area (Å²) in [5.41, 5.74) is 0.362. The molecular weight excluding hydrogens is 406 g/mol. The first-order valence-electron chi connectivity index (χ1n) is 8.50. The summed E-state index contributed by atoms with van der Waals surface area (Å²) in [4.78, 5) is 48.7. The smallest absolute Gasteiger partial charge is 0.307 e. The Labute approximate surface area is 169 Å². The number of carboxylic acid groups (broad SMARTS) is 2. The first-order chi connectivity index (χ1) is 13.3. The number of rotatable bonds is 6. The minimum Gasteiger partial charge on any atom is -0.481 e. The van der Waals surface area contributed by atoms with Gasteiger partial charge in [0.25, 0.3) is 0 Å². The molecule has 9 heteroatoms. The van der Waals surface area contributed by atoms with Crippen molar-refractivity contribution in [3.63, 3.8) is 0 Å². The van der Waals surface area contributed by atoms with Gasteiger partial charge in [-0.1, -0.05) is 17.7 Å². The molecule has 0 amide bonds. The van der Waals surface area contributed by atoms with Crippen molar-refractivity contribution in [1.29, 1.82) is 0 Å². The van der Waals surface area contributed by atoms with E-state index in [2.05, 4.69) is 4.98 Å². The number of hydrogen-bond acceptors (Lipinski definition) is 6. The molecule has 0 aromatic carbocycles. The van der Waals surface area contributed by atoms with E-state index in [9.17, 15) is 19.2 Å². The second-order valence-electron chi connectivity index (χ2n) is 6.62. The molecule has 0 unspecified atom stereocenters. The zero-order valence-corrected chi connectivity index (χ0v) is 16.0. The number of aromatic nitrogens is 1. The second-order valence-corrected chi connectivity index (χ2v) is 8.34. The molecule has 0 radical (unpaired) electrons. The predicted molar refractivity (Wildman–Crippen MR) is 101 cm³/mol. The summed E-state index contributed by atoms with van der Waals surface area (Å²) in [6.07, 6.45) is 2.44. The van der Waals surface area contributed by atoms with Crippen LogP contribution in [-0.2, 0) is 9.59 Å². The number of pyridine rings is 1. The zero-order valence-electron chi connectivity index (χ0n) is 14.4. The lowest BCUT2D eigenvalue weighted by atomic mass is 10.1. The van der Waals surface area contributed by atoms with Gasteiger partial charge in [-0.2, -0.15) is 0 Å². The van der Waals surface area contributed by atoms with Gasteiger partial charge in [0.15, 0.2) is 11.6 Å². The van der Waals surface area contributed by atoms with Crippen LogP contribution in [0, 0.1) is 23.7 Å². The number of aliphatic carboxylic acids is 2. The first-order valence-corrected chi connectivity index (χ1v) is 9.69. The molecule has 2 aliphatic carbocycles. The van der Waals surface area contributed by atoms with Crippen LogP contribution in [0.15, 0.2) is 36.5 Å². The highest BCUT2D eigenvalue weighted by molar-refractivity contribution is 7.18. The molecule has 0 spiro atoms. The third kappa shape index (κ3) is 4.63. The highest BCUT2D eigenvalue weighted by Crippen LogP contribution is 2.42. The monoisotopic (exact) mass is 421 g/mol. The summed E-state index contributed by atoms with van der Waals surface area (Å²) in [5, 5.41) is 17.3. The van der Waals surface area contributed by atoms with Gasteiger partial charge in [-0.15, -0.1) is 11.3 Å². The summed E-state index contributed by atoms with van der Waals surface area (Å²) in [6.45, 7) is 0. The Kier molecular flexibility index (Phi) is 5.90. The standard InChI is InChI=1S/C10H9NO3.C9H7ClO3S/c12-9(6-5-7(6)10(13)14)8-3-1-2-4-11-8;10-7-2-1-6(14-7)8(11)4-3-5(4)9(12)13/h1-4,6-7H,5H2,(H,13,14);1-2,4-5H,3H2,(H,12,13)/t6-,7-;4-,5-/m00/s1. The van der Waals surface area contributed by atoms with Crippen LogP contribution in [0.1, 0.15) is 33.0 Å². The Morgan fingerprint density at radius 2 is 1.50 bits per heavy atom. The second kappa shape index (κ2) is 8.20. The largest absolute Gasteiger partial charge is 0.481 e. The van der Waals surface area contributed by atoms with Crippen molar-refractivity contribution in [2.75, 3.05) is 0 Å². The molecule has 2 aromatic rings. The Morgan fingerprint density at radius 1 is 0.893 bits per heavy atom. The Balaban J connectivity index is 0.000000161. The normalized spacial score (nSPS) is 24.5. The van der Waals surface area contributed by atoms with Gasteiger partial charge in [0.1, 0.15) is 5.69 Å². The van der Waals surface area contributed by atoms with E-state index >= 15 is 0 Å². The maximum absolute atomic E-state index is 11.6. The average molecular weight is 422 g/mol. The van der Waals surface area contributed by atoms with Crippen LogP contribution in [0.4, 0.5) is 0 Å². The van der Waals surface area contributed by atoms with Crippen molar-refractivity contribution in [2.45, 2.75) is 12.8 Å². The lowest BCUT2D eigenvalue weighted by Crippen LogP contribution is -2.09. The first kappa shape index (κ1) is 20.2. The van der Waals surface area contributed by atoms with Crippen LogP contribution < -0.4 is 0 Å². The fourth-order valence-electron chi connectivity index (χ4n) is 2.84. The SMILES string of the molecule is O=C(O)[C@H]1C[C@@H]1C(=O)c1ccc(Cl)s1.O=C(O)[C@H]1C[C@@H]1C(=O)c1ccccn1. The van der Waals surface area contributed by atoms with Crippen molar-refractivity contribution >= 4 is 46.4 Å². The van der Waals surface area contributed by atoms with Crippen molar-refractivity contribution in [2.24, 2.45) is 23.7 Å². The van der Waals surface area contributed by atoms with Gasteiger partial charge in [-0.25, -0.2) is 0 Å². The van der Waals surface area contributed by atoms with Crippen LogP contribution in [0.3, 0.4) is 0 Å². The van der Waals surface area contributed by atoms with E-state index in [4.69, 9.17) is 21.8 Å². The predicted octanol–water partition coefficient (Wildman–Crippen LogP) is 3.29. The van der Waals surface area contributed by atoms with Gasteiger partial charge in [-0.3, -0.25) is 24.2 Å². The molecule has 4 rings (SSSR count). The number of carboxylic acids is 2. The van der Waals surface area contributed by atoms with Crippen molar-refractivity contribution in [3.8, 4) is 0 Å². The lowest BCUT2D eigenvalue weighted by molar-refractivity contribution is -0.139. The maximum atomic E-state index is 11.6. The molecule has 28 heavy (non-hydrogen) atoms. The minimum absolute atomic E-state index is 0.0886. The van der Waals surface area contributed by atoms with E-state index in [1.54, 1.807) is 30.3 Å². The van der Waals surface area contributed by atoms with Gasteiger partial charge < -0.3 is 10.2 Å². The number of ketones is 2. The van der Waals surface area contributed by atoms with E-state index in [1.807, 2.05) is 0 Å². The van der Waals surface area contributed by atoms with Gasteiger partial charge in [0, 0.05) is 18.0 Å². The molecule has 0 saturated heterocycles. The van der Waals surface area contributed by atoms with Gasteiger partial charge >= 0.3 is 11.9 Å². The van der Waals surface area contributed by atoms with Crippen LogP contribution in [0.25, 0.3) is 0 Å². The van der Waals surface area contributed by atoms with E-state index in [1.165, 1.54) is 17.5 Å². The molecule has 0 aliphatic heterocycles. The molecule has 7 nitrogen and oxygen atoms in total. The number of carbonyl (C=O) groups excluding carboxylic acids is 2. The molecular formula is C19H16ClNO6S. The highest BCUT2D eigenvalue weighted by atomic mass is 35.5. The fourth-order valence-corrected chi connectivity index (χ4v) is 3.89. The number of carbonyl (C=O) groups is 4. The van der Waals surface area contributed by atoms with E-state index in [-0.39, 0.29) is 23.4 Å². The minimum atomic E-state index is -0.890. The summed E-state index contributed by atoms with van der Waals surface area (Å²) in [7, 11) is 0. The van der Waals surface area contributed by atoms with Gasteiger partial charge in [0.05, 0.1) is 21.0 Å². The van der Waals surface area contributed by atoms with Crippen LogP contribution in [0.2, 0.25) is 4.34 Å². The molecule has 2 heterocycles. The van der Waals surface area contributed by atoms with Crippen LogP contribution in [-0.4, -0.2) is 38.7 Å². The highest BCUT2D eigenvalue weighted by Gasteiger charge is 2.49. The molecule has 2 aliphatic rings. The molecule has 0 bridgehead atoms. The summed E-state index contributed by atoms with van der Waals surface area (Å²) in [5.74, 6) is -3.69. The van der Waals surface area contributed by atoms with Crippen LogP contribution in [0.5, 0.6) is 0 Å². The maximum Gasteiger partial charge on any atom is 0.307 e. The number of hydrogen-bond donors (Lipinski definition) is 2. The van der Waals surface area contributed by atoms with E-state index in [0.717, 1.165) is 0 Å². The van der Waals surface area contributed by atoms with E-state index < -0.39 is 23.8 Å². The number of Topliss-reactive ketones (excluding diaryl/α,β-unsaturated/α-hetero) is 2. The third-order valence-corrected chi connectivity index (χ3v) is 5.87. The number of nitrogens with zero attached hydrogens (tertiary/aromatic N) is 1. The fraction of sp³-hybridized carbons (Fsp3) is 0.316. The van der Waals surface area contributed by atoms with Crippen LogP contribution >= 0.6 is 22.9 Å². The Bertz CT molecular complexity index is 928. The third-order valence-electron chi connectivity index (χ3n) is 4.62. The van der Waals surface area contributed by atoms with Crippen molar-refractivity contribution in [3.05, 3.63) is 51.4 Å². The Hall–Kier alpha value is -2.58. The lowest BCUT2D eigenvalue weighted by Gasteiger charge is -1.96. The molecule has 2 N–H and O–H groups in total. The van der Waals surface area contributed by atoms with Crippen molar-refractivity contribution < 1.29 is 29.4 Å².